The molecule has 1 aliphatic heterocycles. The summed E-state index contributed by atoms with van der Waals surface area (Å²) in [5, 5.41) is 9.86. The van der Waals surface area contributed by atoms with Gasteiger partial charge >= 0.3 is 5.97 Å². The molecule has 1 atom stereocenters. The molecular weight excluding hydrogens is 343 g/mol. The van der Waals surface area contributed by atoms with E-state index in [9.17, 15) is 4.79 Å². The lowest BCUT2D eigenvalue weighted by molar-refractivity contribution is -0.0351. The van der Waals surface area contributed by atoms with E-state index < -0.39 is 5.97 Å². The molecule has 1 N–H and O–H groups in total. The molecule has 23 heavy (non-hydrogen) atoms. The zero-order valence-electron chi connectivity index (χ0n) is 12.0. The number of benzene rings is 1. The Bertz CT molecular complexity index is 719. The van der Waals surface area contributed by atoms with E-state index in [4.69, 9.17) is 37.5 Å². The summed E-state index contributed by atoms with van der Waals surface area (Å²) in [4.78, 5) is 16.9. The SMILES string of the molecule is O=C(O)c1coc(CN2CCOC(c3ccc(Cl)c(Cl)c3)C2)n1. The first-order valence-corrected chi connectivity index (χ1v) is 7.75. The molecule has 1 aromatic heterocycles. The van der Waals surface area contributed by atoms with Crippen molar-refractivity contribution >= 4 is 29.2 Å². The Morgan fingerprint density at radius 1 is 1.39 bits per heavy atom. The van der Waals surface area contributed by atoms with Gasteiger partial charge in [-0.3, -0.25) is 4.90 Å². The van der Waals surface area contributed by atoms with Crippen LogP contribution < -0.4 is 0 Å². The van der Waals surface area contributed by atoms with Gasteiger partial charge in [-0.1, -0.05) is 29.3 Å². The molecule has 2 aromatic rings. The summed E-state index contributed by atoms with van der Waals surface area (Å²) in [7, 11) is 0. The van der Waals surface area contributed by atoms with Gasteiger partial charge in [-0.2, -0.15) is 0 Å². The number of hydrogen-bond acceptors (Lipinski definition) is 5. The van der Waals surface area contributed by atoms with E-state index in [1.165, 1.54) is 0 Å². The number of ether oxygens (including phenoxy) is 1. The van der Waals surface area contributed by atoms with Gasteiger partial charge in [-0.05, 0) is 17.7 Å². The fourth-order valence-corrected chi connectivity index (χ4v) is 2.74. The molecule has 0 amide bonds. The molecule has 0 radical (unpaired) electrons. The Balaban J connectivity index is 1.67. The average Bonchev–Trinajstić information content (AvgIpc) is 2.99. The Kier molecular flexibility index (Phi) is 4.87. The van der Waals surface area contributed by atoms with Crippen molar-refractivity contribution in [3.63, 3.8) is 0 Å². The van der Waals surface area contributed by atoms with Gasteiger partial charge in [-0.15, -0.1) is 0 Å². The predicted octanol–water partition coefficient (Wildman–Crippen LogP) is 3.25. The molecule has 122 valence electrons. The Morgan fingerprint density at radius 3 is 2.91 bits per heavy atom. The lowest BCUT2D eigenvalue weighted by atomic mass is 10.1. The fraction of sp³-hybridized carbons (Fsp3) is 0.333. The minimum absolute atomic E-state index is 0.0886. The van der Waals surface area contributed by atoms with Crippen molar-refractivity contribution in [2.75, 3.05) is 19.7 Å². The van der Waals surface area contributed by atoms with Crippen LogP contribution in [0.15, 0.2) is 28.9 Å². The van der Waals surface area contributed by atoms with Crippen LogP contribution in [0.1, 0.15) is 28.0 Å². The molecule has 1 aromatic carbocycles. The molecule has 0 spiro atoms. The molecule has 1 fully saturated rings. The van der Waals surface area contributed by atoms with Gasteiger partial charge in [-0.25, -0.2) is 9.78 Å². The predicted molar refractivity (Wildman–Crippen MR) is 83.9 cm³/mol. The van der Waals surface area contributed by atoms with E-state index in [1.54, 1.807) is 12.1 Å². The van der Waals surface area contributed by atoms with Gasteiger partial charge in [0, 0.05) is 13.1 Å². The van der Waals surface area contributed by atoms with Crippen molar-refractivity contribution in [3.8, 4) is 0 Å². The molecule has 2 heterocycles. The summed E-state index contributed by atoms with van der Waals surface area (Å²) in [6.45, 7) is 2.32. The van der Waals surface area contributed by atoms with Crippen molar-refractivity contribution in [1.82, 2.24) is 9.88 Å². The van der Waals surface area contributed by atoms with Crippen LogP contribution in [0.5, 0.6) is 0 Å². The lowest BCUT2D eigenvalue weighted by Gasteiger charge is -2.32. The number of oxazole rings is 1. The monoisotopic (exact) mass is 356 g/mol. The maximum atomic E-state index is 10.8. The highest BCUT2D eigenvalue weighted by molar-refractivity contribution is 6.42. The molecule has 1 unspecified atom stereocenters. The highest BCUT2D eigenvalue weighted by atomic mass is 35.5. The Hall–Kier alpha value is -1.60. The third-order valence-electron chi connectivity index (χ3n) is 3.60. The number of morpholine rings is 1. The minimum atomic E-state index is -1.10. The molecule has 0 bridgehead atoms. The molecular formula is C15H14Cl2N2O4. The maximum absolute atomic E-state index is 10.8. The van der Waals surface area contributed by atoms with Crippen LogP contribution in [0.4, 0.5) is 0 Å². The molecule has 3 rings (SSSR count). The van der Waals surface area contributed by atoms with Gasteiger partial charge in [0.15, 0.2) is 5.69 Å². The molecule has 6 nitrogen and oxygen atoms in total. The van der Waals surface area contributed by atoms with Gasteiger partial charge in [0.05, 0.1) is 29.3 Å². The van der Waals surface area contributed by atoms with Crippen molar-refractivity contribution in [1.29, 1.82) is 0 Å². The summed E-state index contributed by atoms with van der Waals surface area (Å²) in [5.74, 6) is -0.729. The van der Waals surface area contributed by atoms with Crippen molar-refractivity contribution < 1.29 is 19.1 Å². The number of carboxylic acids is 1. The summed E-state index contributed by atoms with van der Waals surface area (Å²) < 4.78 is 11.0. The number of rotatable bonds is 4. The van der Waals surface area contributed by atoms with Crippen LogP contribution in [0.25, 0.3) is 0 Å². The molecule has 0 aliphatic carbocycles. The van der Waals surface area contributed by atoms with Crippen LogP contribution in [0.3, 0.4) is 0 Å². The maximum Gasteiger partial charge on any atom is 0.357 e. The van der Waals surface area contributed by atoms with Gasteiger partial charge in [0.25, 0.3) is 0 Å². The van der Waals surface area contributed by atoms with Crippen LogP contribution in [-0.4, -0.2) is 40.7 Å². The smallest absolute Gasteiger partial charge is 0.357 e. The van der Waals surface area contributed by atoms with E-state index in [0.717, 1.165) is 11.8 Å². The van der Waals surface area contributed by atoms with E-state index in [1.807, 2.05) is 6.07 Å². The number of hydrogen-bond donors (Lipinski definition) is 1. The number of aromatic nitrogens is 1. The average molecular weight is 357 g/mol. The van der Waals surface area contributed by atoms with Crippen molar-refractivity contribution in [2.45, 2.75) is 12.6 Å². The largest absolute Gasteiger partial charge is 0.476 e. The first-order valence-electron chi connectivity index (χ1n) is 6.99. The van der Waals surface area contributed by atoms with E-state index in [2.05, 4.69) is 9.88 Å². The van der Waals surface area contributed by atoms with Gasteiger partial charge in [0.1, 0.15) is 6.26 Å². The first-order chi connectivity index (χ1) is 11.0. The zero-order valence-corrected chi connectivity index (χ0v) is 13.5. The number of halogens is 2. The van der Waals surface area contributed by atoms with Crippen molar-refractivity contribution in [2.24, 2.45) is 0 Å². The van der Waals surface area contributed by atoms with Crippen LogP contribution in [0.2, 0.25) is 10.0 Å². The molecule has 0 saturated carbocycles. The van der Waals surface area contributed by atoms with E-state index in [-0.39, 0.29) is 11.8 Å². The number of aromatic carboxylic acids is 1. The second-order valence-corrected chi connectivity index (χ2v) is 6.01. The lowest BCUT2D eigenvalue weighted by Crippen LogP contribution is -2.37. The summed E-state index contributed by atoms with van der Waals surface area (Å²) in [6, 6.07) is 5.43. The standard InChI is InChI=1S/C15H14Cl2N2O4/c16-10-2-1-9(5-11(10)17)13-6-19(3-4-22-13)7-14-18-12(8-23-14)15(20)21/h1-2,5,8,13H,3-4,6-7H2,(H,20,21). The molecule has 1 saturated heterocycles. The number of nitrogens with zero attached hydrogens (tertiary/aromatic N) is 2. The third kappa shape index (κ3) is 3.84. The van der Waals surface area contributed by atoms with Gasteiger partial charge < -0.3 is 14.3 Å². The summed E-state index contributed by atoms with van der Waals surface area (Å²) >= 11 is 12.0. The first kappa shape index (κ1) is 16.3. The Labute approximate surface area is 142 Å². The van der Waals surface area contributed by atoms with Crippen LogP contribution >= 0.6 is 23.2 Å². The number of carbonyl (C=O) groups is 1. The van der Waals surface area contributed by atoms with Crippen molar-refractivity contribution in [3.05, 3.63) is 51.7 Å². The molecule has 8 heteroatoms. The number of carboxylic acid groups (broad SMARTS) is 1. The summed E-state index contributed by atoms with van der Waals surface area (Å²) in [5.41, 5.74) is 0.858. The topological polar surface area (TPSA) is 75.8 Å². The quantitative estimate of drug-likeness (QED) is 0.905. The molecule has 1 aliphatic rings. The summed E-state index contributed by atoms with van der Waals surface area (Å²) in [6.07, 6.45) is 1.02. The van der Waals surface area contributed by atoms with E-state index >= 15 is 0 Å². The third-order valence-corrected chi connectivity index (χ3v) is 4.33. The highest BCUT2D eigenvalue weighted by Gasteiger charge is 2.24. The Morgan fingerprint density at radius 2 is 2.22 bits per heavy atom. The minimum Gasteiger partial charge on any atom is -0.476 e. The zero-order chi connectivity index (χ0) is 16.4. The fourth-order valence-electron chi connectivity index (χ4n) is 2.43. The van der Waals surface area contributed by atoms with E-state index in [0.29, 0.717) is 42.2 Å². The highest BCUT2D eigenvalue weighted by Crippen LogP contribution is 2.29. The van der Waals surface area contributed by atoms with Crippen LogP contribution in [0, 0.1) is 0 Å². The van der Waals surface area contributed by atoms with Crippen LogP contribution in [-0.2, 0) is 11.3 Å². The second-order valence-electron chi connectivity index (χ2n) is 5.20. The second kappa shape index (κ2) is 6.88. The normalized spacial score (nSPS) is 19.0. The van der Waals surface area contributed by atoms with Gasteiger partial charge in [0.2, 0.25) is 5.89 Å².